The van der Waals surface area contributed by atoms with Crippen LogP contribution < -0.4 is 15.0 Å². The van der Waals surface area contributed by atoms with Crippen LogP contribution in [0, 0.1) is 0 Å². The van der Waals surface area contributed by atoms with Gasteiger partial charge >= 0.3 is 0 Å². The highest BCUT2D eigenvalue weighted by Crippen LogP contribution is 2.35. The quantitative estimate of drug-likeness (QED) is 0.844. The smallest absolute Gasteiger partial charge is 0.124 e. The molecule has 1 unspecified atom stereocenters. The molecular weight excluding hydrogens is 342 g/mol. The van der Waals surface area contributed by atoms with Gasteiger partial charge in [-0.1, -0.05) is 36.4 Å². The van der Waals surface area contributed by atoms with Crippen molar-refractivity contribution in [2.75, 3.05) is 56.5 Å². The summed E-state index contributed by atoms with van der Waals surface area (Å²) in [4.78, 5) is 4.97. The highest BCUT2D eigenvalue weighted by molar-refractivity contribution is 7.99. The second-order valence-corrected chi connectivity index (χ2v) is 7.97. The van der Waals surface area contributed by atoms with Gasteiger partial charge in [0.05, 0.1) is 5.37 Å². The number of thioether (sulfide) groups is 1. The predicted molar refractivity (Wildman–Crippen MR) is 110 cm³/mol. The van der Waals surface area contributed by atoms with Crippen LogP contribution in [0.4, 0.5) is 5.69 Å². The van der Waals surface area contributed by atoms with E-state index in [9.17, 15) is 0 Å². The molecule has 2 fully saturated rings. The van der Waals surface area contributed by atoms with Gasteiger partial charge in [-0.25, -0.2) is 0 Å². The fourth-order valence-corrected chi connectivity index (χ4v) is 4.69. The van der Waals surface area contributed by atoms with Gasteiger partial charge in [-0.3, -0.25) is 4.90 Å². The zero-order valence-corrected chi connectivity index (χ0v) is 16.0. The fraction of sp³-hybridized carbons (Fsp3) is 0.429. The molecule has 2 aromatic rings. The number of benzene rings is 2. The van der Waals surface area contributed by atoms with Gasteiger partial charge in [0.25, 0.3) is 0 Å². The second-order valence-electron chi connectivity index (χ2n) is 6.76. The number of anilines is 1. The van der Waals surface area contributed by atoms with E-state index in [2.05, 4.69) is 69.7 Å². The molecule has 5 heteroatoms. The molecule has 1 atom stereocenters. The normalized spacial score (nSPS) is 21.1. The molecule has 4 nitrogen and oxygen atoms in total. The zero-order chi connectivity index (χ0) is 17.6. The standard InChI is InChI=1S/C21H27N3OS/c1-2-6-18(7-3-1)24-13-11-23(12-14-24)15-16-25-20-9-5-4-8-19(20)21-22-10-17-26-21/h1-9,21-22H,10-17H2. The number of nitrogens with one attached hydrogen (secondary N) is 1. The van der Waals surface area contributed by atoms with Crippen molar-refractivity contribution in [3.63, 3.8) is 0 Å². The van der Waals surface area contributed by atoms with E-state index in [0.717, 1.165) is 51.6 Å². The fourth-order valence-electron chi connectivity index (χ4n) is 3.61. The molecule has 2 heterocycles. The lowest BCUT2D eigenvalue weighted by molar-refractivity contribution is 0.199. The third-order valence-corrected chi connectivity index (χ3v) is 6.27. The van der Waals surface area contributed by atoms with Crippen LogP contribution in [0.3, 0.4) is 0 Å². The van der Waals surface area contributed by atoms with Gasteiger partial charge < -0.3 is 15.0 Å². The Morgan fingerprint density at radius 3 is 2.50 bits per heavy atom. The summed E-state index contributed by atoms with van der Waals surface area (Å²) in [6.07, 6.45) is 0. The summed E-state index contributed by atoms with van der Waals surface area (Å²) in [7, 11) is 0. The Bertz CT molecular complexity index is 683. The second kappa shape index (κ2) is 8.80. The molecule has 1 N–H and O–H groups in total. The topological polar surface area (TPSA) is 27.7 Å². The largest absolute Gasteiger partial charge is 0.492 e. The molecule has 2 aromatic carbocycles. The number of hydrogen-bond acceptors (Lipinski definition) is 5. The Labute approximate surface area is 160 Å². The monoisotopic (exact) mass is 369 g/mol. The van der Waals surface area contributed by atoms with Crippen LogP contribution in [0.15, 0.2) is 54.6 Å². The number of para-hydroxylation sites is 2. The molecule has 2 saturated heterocycles. The lowest BCUT2D eigenvalue weighted by atomic mass is 10.2. The van der Waals surface area contributed by atoms with Crippen molar-refractivity contribution in [2.24, 2.45) is 0 Å². The van der Waals surface area contributed by atoms with Crippen molar-refractivity contribution >= 4 is 17.4 Å². The average molecular weight is 370 g/mol. The SMILES string of the molecule is c1ccc(N2CCN(CCOc3ccccc3C3NCCS3)CC2)cc1. The summed E-state index contributed by atoms with van der Waals surface area (Å²) in [5, 5.41) is 3.92. The van der Waals surface area contributed by atoms with E-state index in [-0.39, 0.29) is 0 Å². The molecule has 2 aliphatic heterocycles. The number of nitrogens with zero attached hydrogens (tertiary/aromatic N) is 2. The van der Waals surface area contributed by atoms with Gasteiger partial charge in [-0.15, -0.1) is 11.8 Å². The van der Waals surface area contributed by atoms with Gasteiger partial charge in [0.15, 0.2) is 0 Å². The molecule has 0 saturated carbocycles. The summed E-state index contributed by atoms with van der Waals surface area (Å²) >= 11 is 1.96. The van der Waals surface area contributed by atoms with Crippen molar-refractivity contribution in [3.05, 3.63) is 60.2 Å². The van der Waals surface area contributed by atoms with Gasteiger partial charge in [0, 0.05) is 56.3 Å². The van der Waals surface area contributed by atoms with Crippen molar-refractivity contribution in [3.8, 4) is 5.75 Å². The summed E-state index contributed by atoms with van der Waals surface area (Å²) in [5.74, 6) is 2.20. The number of rotatable bonds is 6. The van der Waals surface area contributed by atoms with Crippen LogP contribution in [0.5, 0.6) is 5.75 Å². The van der Waals surface area contributed by atoms with Gasteiger partial charge in [-0.2, -0.15) is 0 Å². The van der Waals surface area contributed by atoms with Crippen molar-refractivity contribution in [1.82, 2.24) is 10.2 Å². The molecule has 138 valence electrons. The maximum absolute atomic E-state index is 6.16. The summed E-state index contributed by atoms with van der Waals surface area (Å²) < 4.78 is 6.16. The molecule has 26 heavy (non-hydrogen) atoms. The molecule has 0 amide bonds. The maximum Gasteiger partial charge on any atom is 0.124 e. The lowest BCUT2D eigenvalue weighted by Crippen LogP contribution is -2.47. The molecule has 0 aromatic heterocycles. The van der Waals surface area contributed by atoms with Crippen LogP contribution in [-0.2, 0) is 0 Å². The molecule has 0 bridgehead atoms. The van der Waals surface area contributed by atoms with E-state index in [0.29, 0.717) is 5.37 Å². The lowest BCUT2D eigenvalue weighted by Gasteiger charge is -2.36. The van der Waals surface area contributed by atoms with Gasteiger partial charge in [0.1, 0.15) is 12.4 Å². The van der Waals surface area contributed by atoms with Gasteiger partial charge in [0.2, 0.25) is 0 Å². The Morgan fingerprint density at radius 1 is 0.962 bits per heavy atom. The Kier molecular flexibility index (Phi) is 5.99. The minimum absolute atomic E-state index is 0.376. The Hall–Kier alpha value is -1.69. The minimum atomic E-state index is 0.376. The first-order valence-corrected chi connectivity index (χ1v) is 10.5. The molecule has 2 aliphatic rings. The first kappa shape index (κ1) is 17.7. The highest BCUT2D eigenvalue weighted by atomic mass is 32.2. The summed E-state index contributed by atoms with van der Waals surface area (Å²) in [6, 6.07) is 19.2. The van der Waals surface area contributed by atoms with E-state index < -0.39 is 0 Å². The third-order valence-electron chi connectivity index (χ3n) is 5.08. The van der Waals surface area contributed by atoms with E-state index in [1.54, 1.807) is 0 Å². The molecule has 0 radical (unpaired) electrons. The predicted octanol–water partition coefficient (Wildman–Crippen LogP) is 3.22. The van der Waals surface area contributed by atoms with Crippen LogP contribution in [0.25, 0.3) is 0 Å². The van der Waals surface area contributed by atoms with Crippen LogP contribution in [0.2, 0.25) is 0 Å². The van der Waals surface area contributed by atoms with Gasteiger partial charge in [-0.05, 0) is 18.2 Å². The van der Waals surface area contributed by atoms with E-state index in [4.69, 9.17) is 4.74 Å². The zero-order valence-electron chi connectivity index (χ0n) is 15.1. The molecule has 4 rings (SSSR count). The Balaban J connectivity index is 1.25. The number of ether oxygens (including phenoxy) is 1. The highest BCUT2D eigenvalue weighted by Gasteiger charge is 2.21. The van der Waals surface area contributed by atoms with Crippen LogP contribution in [0.1, 0.15) is 10.9 Å². The average Bonchev–Trinajstić information content (AvgIpc) is 3.24. The van der Waals surface area contributed by atoms with Crippen molar-refractivity contribution < 1.29 is 4.74 Å². The van der Waals surface area contributed by atoms with Crippen LogP contribution >= 0.6 is 11.8 Å². The molecule has 0 spiro atoms. The van der Waals surface area contributed by atoms with E-state index in [1.165, 1.54) is 17.0 Å². The number of piperazine rings is 1. The minimum Gasteiger partial charge on any atom is -0.492 e. The molecular formula is C21H27N3OS. The van der Waals surface area contributed by atoms with E-state index >= 15 is 0 Å². The van der Waals surface area contributed by atoms with E-state index in [1.807, 2.05) is 11.8 Å². The van der Waals surface area contributed by atoms with Crippen molar-refractivity contribution in [2.45, 2.75) is 5.37 Å². The Morgan fingerprint density at radius 2 is 1.73 bits per heavy atom. The molecule has 0 aliphatic carbocycles. The maximum atomic E-state index is 6.16. The van der Waals surface area contributed by atoms with Crippen LogP contribution in [-0.4, -0.2) is 56.5 Å². The summed E-state index contributed by atoms with van der Waals surface area (Å²) in [6.45, 7) is 7.18. The summed E-state index contributed by atoms with van der Waals surface area (Å²) in [5.41, 5.74) is 2.61. The number of hydrogen-bond donors (Lipinski definition) is 1. The first-order chi connectivity index (χ1) is 12.9. The third kappa shape index (κ3) is 4.34. The van der Waals surface area contributed by atoms with Crippen molar-refractivity contribution in [1.29, 1.82) is 0 Å². The first-order valence-electron chi connectivity index (χ1n) is 9.49.